The molecule has 0 bridgehead atoms. The van der Waals surface area contributed by atoms with Crippen LogP contribution in [-0.4, -0.2) is 168 Å². The van der Waals surface area contributed by atoms with E-state index in [0.717, 1.165) is 0 Å². The molecule has 0 aromatic rings. The van der Waals surface area contributed by atoms with Crippen LogP contribution >= 0.6 is 0 Å². The Bertz CT molecular complexity index is 653. The predicted molar refractivity (Wildman–Crippen MR) is 101 cm³/mol. The van der Waals surface area contributed by atoms with Gasteiger partial charge in [0.05, 0.1) is 19.8 Å². The fraction of sp³-hybridized carbons (Fsp3) is 1.00. The molecule has 34 heavy (non-hydrogen) atoms. The maximum absolute atomic E-state index is 10.3. The summed E-state index contributed by atoms with van der Waals surface area (Å²) in [4.78, 5) is 0. The highest BCUT2D eigenvalue weighted by Gasteiger charge is 2.58. The minimum Gasteiger partial charge on any atom is -0.394 e. The lowest BCUT2D eigenvalue weighted by Crippen LogP contribution is -2.63. The van der Waals surface area contributed by atoms with Crippen LogP contribution in [0.1, 0.15) is 0 Å². The van der Waals surface area contributed by atoms with E-state index in [9.17, 15) is 56.2 Å². The van der Waals surface area contributed by atoms with Gasteiger partial charge in [-0.3, -0.25) is 0 Å². The Balaban J connectivity index is 1.69. The molecular formula is C18H32O16. The standard InChI is InChI=1S/C18H32O16/c19-1-5-8(22)11(25)13(27)16(31-5)30-3-7-9(23)12(26)14(28)17(32-7)34-18(4-21)15(29)10(24)6(2-20)33-18/h5-17,19-29H,1-4H2/t5-,6-,7-,8+,9-,10-,11+,12+,13-,14-,15+,16+,17?,18+/m1/s1. The zero-order valence-electron chi connectivity index (χ0n) is 17.8. The van der Waals surface area contributed by atoms with Crippen LogP contribution in [0.4, 0.5) is 0 Å². The normalized spacial score (nSPS) is 52.1. The van der Waals surface area contributed by atoms with Gasteiger partial charge in [0.1, 0.15) is 73.8 Å². The molecule has 16 nitrogen and oxygen atoms in total. The molecule has 3 saturated heterocycles. The molecule has 3 fully saturated rings. The van der Waals surface area contributed by atoms with Gasteiger partial charge in [-0.05, 0) is 0 Å². The predicted octanol–water partition coefficient (Wildman–Crippen LogP) is -7.57. The lowest BCUT2D eigenvalue weighted by atomic mass is 9.98. The second kappa shape index (κ2) is 11.2. The Labute approximate surface area is 192 Å². The van der Waals surface area contributed by atoms with Crippen LogP contribution in [0, 0.1) is 0 Å². The molecule has 200 valence electrons. The second-order valence-electron chi connectivity index (χ2n) is 8.41. The largest absolute Gasteiger partial charge is 0.394 e. The van der Waals surface area contributed by atoms with Gasteiger partial charge in [0.2, 0.25) is 5.79 Å². The number of hydrogen-bond donors (Lipinski definition) is 11. The molecule has 16 heteroatoms. The van der Waals surface area contributed by atoms with Gasteiger partial charge in [-0.1, -0.05) is 0 Å². The van der Waals surface area contributed by atoms with Crippen molar-refractivity contribution < 1.29 is 79.9 Å². The Hall–Kier alpha value is -0.640. The third-order valence-corrected chi connectivity index (χ3v) is 6.16. The highest BCUT2D eigenvalue weighted by atomic mass is 16.8. The van der Waals surface area contributed by atoms with Crippen LogP contribution in [0.25, 0.3) is 0 Å². The zero-order valence-corrected chi connectivity index (χ0v) is 17.8. The van der Waals surface area contributed by atoms with E-state index in [0.29, 0.717) is 0 Å². The number of ether oxygens (including phenoxy) is 5. The summed E-state index contributed by atoms with van der Waals surface area (Å²) >= 11 is 0. The van der Waals surface area contributed by atoms with Gasteiger partial charge in [-0.25, -0.2) is 0 Å². The molecule has 0 radical (unpaired) electrons. The van der Waals surface area contributed by atoms with Crippen molar-refractivity contribution in [3.05, 3.63) is 0 Å². The van der Waals surface area contributed by atoms with Crippen LogP contribution in [0.5, 0.6) is 0 Å². The number of aliphatic hydroxyl groups excluding tert-OH is 11. The maximum atomic E-state index is 10.3. The fourth-order valence-electron chi connectivity index (χ4n) is 4.01. The van der Waals surface area contributed by atoms with Crippen molar-refractivity contribution in [2.24, 2.45) is 0 Å². The van der Waals surface area contributed by atoms with E-state index in [1.807, 2.05) is 0 Å². The van der Waals surface area contributed by atoms with E-state index in [1.165, 1.54) is 0 Å². The van der Waals surface area contributed by atoms with Gasteiger partial charge in [0, 0.05) is 0 Å². The number of rotatable bonds is 8. The van der Waals surface area contributed by atoms with Gasteiger partial charge in [-0.15, -0.1) is 0 Å². The maximum Gasteiger partial charge on any atom is 0.224 e. The van der Waals surface area contributed by atoms with E-state index in [4.69, 9.17) is 23.7 Å². The first kappa shape index (κ1) is 27.9. The minimum absolute atomic E-state index is 0.634. The summed E-state index contributed by atoms with van der Waals surface area (Å²) in [7, 11) is 0. The van der Waals surface area contributed by atoms with Gasteiger partial charge in [0.25, 0.3) is 0 Å². The van der Waals surface area contributed by atoms with Crippen LogP contribution in [0.3, 0.4) is 0 Å². The SMILES string of the molecule is OC[C@H]1O[C@H](OC[C@H]2OC(O[C@]3(CO)O[C@H](CO)[C@@H](O)[C@@H]3O)[C@H](O)[C@@H](O)[C@@H]2O)[C@H](O)[C@@H](O)[C@H]1O. The van der Waals surface area contributed by atoms with Crippen LogP contribution in [0.15, 0.2) is 0 Å². The van der Waals surface area contributed by atoms with Crippen molar-refractivity contribution >= 4 is 0 Å². The van der Waals surface area contributed by atoms with E-state index in [2.05, 4.69) is 0 Å². The summed E-state index contributed by atoms with van der Waals surface area (Å²) in [6, 6.07) is 0. The molecule has 0 aromatic carbocycles. The lowest BCUT2D eigenvalue weighted by molar-refractivity contribution is -0.388. The van der Waals surface area contributed by atoms with Crippen molar-refractivity contribution in [2.75, 3.05) is 26.4 Å². The molecule has 0 saturated carbocycles. The average molecular weight is 504 g/mol. The molecule has 3 heterocycles. The summed E-state index contributed by atoms with van der Waals surface area (Å²) in [5.41, 5.74) is 0. The van der Waals surface area contributed by atoms with Crippen molar-refractivity contribution in [1.82, 2.24) is 0 Å². The van der Waals surface area contributed by atoms with E-state index in [1.54, 1.807) is 0 Å². The molecule has 0 aromatic heterocycles. The van der Waals surface area contributed by atoms with Crippen LogP contribution in [0.2, 0.25) is 0 Å². The molecule has 11 N–H and O–H groups in total. The minimum atomic E-state index is -2.36. The first-order chi connectivity index (χ1) is 16.0. The average Bonchev–Trinajstić information content (AvgIpc) is 3.08. The van der Waals surface area contributed by atoms with Gasteiger partial charge < -0.3 is 79.9 Å². The molecule has 0 aliphatic carbocycles. The van der Waals surface area contributed by atoms with E-state index in [-0.39, 0.29) is 0 Å². The molecular weight excluding hydrogens is 472 g/mol. The number of hydrogen-bond acceptors (Lipinski definition) is 16. The molecule has 14 atom stereocenters. The topological polar surface area (TPSA) is 269 Å². The Morgan fingerprint density at radius 2 is 1.12 bits per heavy atom. The van der Waals surface area contributed by atoms with Gasteiger partial charge >= 0.3 is 0 Å². The monoisotopic (exact) mass is 504 g/mol. The molecule has 3 rings (SSSR count). The van der Waals surface area contributed by atoms with Crippen LogP contribution < -0.4 is 0 Å². The quantitative estimate of drug-likeness (QED) is 0.146. The van der Waals surface area contributed by atoms with Crippen LogP contribution in [-0.2, 0) is 23.7 Å². The Morgan fingerprint density at radius 1 is 0.588 bits per heavy atom. The van der Waals surface area contributed by atoms with Crippen molar-refractivity contribution in [3.8, 4) is 0 Å². The summed E-state index contributed by atoms with van der Waals surface area (Å²) in [5.74, 6) is -2.36. The first-order valence-corrected chi connectivity index (χ1v) is 10.6. The summed E-state index contributed by atoms with van der Waals surface area (Å²) in [5, 5.41) is 109. The molecule has 3 aliphatic rings. The van der Waals surface area contributed by atoms with E-state index < -0.39 is 112 Å². The molecule has 1 unspecified atom stereocenters. The number of aliphatic hydroxyl groups is 11. The fourth-order valence-corrected chi connectivity index (χ4v) is 4.01. The first-order valence-electron chi connectivity index (χ1n) is 10.6. The highest BCUT2D eigenvalue weighted by Crippen LogP contribution is 2.36. The van der Waals surface area contributed by atoms with Crippen molar-refractivity contribution in [1.29, 1.82) is 0 Å². The second-order valence-corrected chi connectivity index (χ2v) is 8.41. The summed E-state index contributed by atoms with van der Waals surface area (Å²) < 4.78 is 26.4. The highest BCUT2D eigenvalue weighted by molar-refractivity contribution is 4.98. The molecule has 0 amide bonds. The van der Waals surface area contributed by atoms with Crippen molar-refractivity contribution in [2.45, 2.75) is 85.5 Å². The summed E-state index contributed by atoms with van der Waals surface area (Å²) in [6.07, 6.45) is -21.8. The van der Waals surface area contributed by atoms with Crippen molar-refractivity contribution in [3.63, 3.8) is 0 Å². The zero-order chi connectivity index (χ0) is 25.4. The van der Waals surface area contributed by atoms with Gasteiger partial charge in [0.15, 0.2) is 12.6 Å². The smallest absolute Gasteiger partial charge is 0.224 e. The molecule has 3 aliphatic heterocycles. The third kappa shape index (κ3) is 5.09. The molecule has 0 spiro atoms. The third-order valence-electron chi connectivity index (χ3n) is 6.16. The Kier molecular flexibility index (Phi) is 9.18. The lowest BCUT2D eigenvalue weighted by Gasteiger charge is -2.44. The van der Waals surface area contributed by atoms with E-state index >= 15 is 0 Å². The Morgan fingerprint density at radius 3 is 1.65 bits per heavy atom. The van der Waals surface area contributed by atoms with Gasteiger partial charge in [-0.2, -0.15) is 0 Å². The summed E-state index contributed by atoms with van der Waals surface area (Å²) in [6.45, 7) is -3.14.